The van der Waals surface area contributed by atoms with Gasteiger partial charge in [0.1, 0.15) is 0 Å². The van der Waals surface area contributed by atoms with Gasteiger partial charge in [0.25, 0.3) is 0 Å². The van der Waals surface area contributed by atoms with E-state index in [1.807, 2.05) is 24.4 Å². The van der Waals surface area contributed by atoms with E-state index in [0.29, 0.717) is 17.0 Å². The average molecular weight is 864 g/mol. The largest absolute Gasteiger partial charge is 0.631 e. The van der Waals surface area contributed by atoms with Crippen LogP contribution in [0, 0.1) is 12.1 Å². The zero-order valence-electron chi connectivity index (χ0n) is 28.7. The normalized spacial score (nSPS) is 13.5. The molecule has 10 heteroatoms. The Morgan fingerprint density at radius 3 is 2.27 bits per heavy atom. The molecule has 4 heterocycles. The monoisotopic (exact) mass is 863 g/mol. The van der Waals surface area contributed by atoms with Gasteiger partial charge in [0, 0.05) is 39.0 Å². The van der Waals surface area contributed by atoms with Gasteiger partial charge in [-0.15, -0.1) is 63.0 Å². The fourth-order valence-electron chi connectivity index (χ4n) is 6.43. The zero-order valence-corrected chi connectivity index (χ0v) is 31.0. The minimum Gasteiger partial charge on any atom is -0.631 e. The van der Waals surface area contributed by atoms with Crippen molar-refractivity contribution < 1.29 is 38.8 Å². The summed E-state index contributed by atoms with van der Waals surface area (Å²) >= 11 is 0. The van der Waals surface area contributed by atoms with Crippen molar-refractivity contribution in [3.05, 3.63) is 125 Å². The van der Waals surface area contributed by atoms with Crippen LogP contribution in [0.5, 0.6) is 0 Å². The fourth-order valence-corrected chi connectivity index (χ4v) is 6.43. The van der Waals surface area contributed by atoms with Crippen molar-refractivity contribution in [3.8, 4) is 22.4 Å². The number of hydrogen-bond acceptors (Lipinski definition) is 4. The molecule has 0 radical (unpaired) electrons. The third kappa shape index (κ3) is 6.22. The molecular weight excluding hydrogens is 831 g/mol. The molecule has 51 heavy (non-hydrogen) atoms. The Bertz CT molecular complexity index is 2510. The molecule has 0 aliphatic carbocycles. The Morgan fingerprint density at radius 2 is 1.55 bits per heavy atom. The molecule has 7 aromatic rings. The molecule has 0 amide bonds. The van der Waals surface area contributed by atoms with Crippen molar-refractivity contribution in [2.75, 3.05) is 5.43 Å². The second-order valence-electron chi connectivity index (χ2n) is 14.8. The van der Waals surface area contributed by atoms with Crippen LogP contribution in [-0.4, -0.2) is 14.5 Å². The number of rotatable bonds is 3. The molecule has 8 rings (SSSR count). The van der Waals surface area contributed by atoms with Gasteiger partial charge in [-0.3, -0.25) is 4.98 Å². The molecule has 0 fully saturated rings. The van der Waals surface area contributed by atoms with Crippen molar-refractivity contribution in [1.82, 2.24) is 14.5 Å². The third-order valence-corrected chi connectivity index (χ3v) is 9.11. The first-order valence-electron chi connectivity index (χ1n) is 16.4. The zero-order chi connectivity index (χ0) is 35.2. The molecule has 0 saturated carbocycles. The van der Waals surface area contributed by atoms with Crippen molar-refractivity contribution in [1.29, 1.82) is 0 Å². The maximum atomic E-state index is 13.2. The van der Waals surface area contributed by atoms with Gasteiger partial charge in [-0.25, -0.2) is 4.98 Å². The Balaban J connectivity index is 0.00000406. The summed E-state index contributed by atoms with van der Waals surface area (Å²) in [6.07, 6.45) is -0.994. The Hall–Kier alpha value is -4.88. The molecule has 1 aliphatic heterocycles. The smallest absolute Gasteiger partial charge is 0.452 e. The molecule has 0 spiro atoms. The second kappa shape index (κ2) is 12.1. The van der Waals surface area contributed by atoms with E-state index in [2.05, 4.69) is 118 Å². The summed E-state index contributed by atoms with van der Waals surface area (Å²) in [5.41, 5.74) is 14.7. The van der Waals surface area contributed by atoms with Crippen molar-refractivity contribution in [3.63, 3.8) is 0 Å². The van der Waals surface area contributed by atoms with E-state index in [1.54, 1.807) is 6.08 Å². The first-order chi connectivity index (χ1) is 23.6. The number of pyridine rings is 1. The van der Waals surface area contributed by atoms with Crippen LogP contribution in [0.4, 0.5) is 19.0 Å². The van der Waals surface area contributed by atoms with E-state index in [4.69, 9.17) is 9.51 Å². The molecule has 4 aromatic carbocycles. The van der Waals surface area contributed by atoms with Gasteiger partial charge in [0.05, 0.1) is 5.69 Å². The SMILES string of the molecule is CC(C)(C)c1cc(-c2cc3ccccc3cn2)[c-]c(-c2ccc(C(C)(C)C)c3ccc(C4=Cc5nc6cc(C(F)(F)F)on6c5N[N-]4)[c-]c23)c1.[Pt]. The maximum Gasteiger partial charge on any atom is 0.452 e. The first kappa shape index (κ1) is 34.6. The molecule has 0 saturated heterocycles. The van der Waals surface area contributed by atoms with Crippen LogP contribution in [0.25, 0.3) is 66.8 Å². The number of fused-ring (bicyclic) bond motifs is 5. The van der Waals surface area contributed by atoms with Crippen molar-refractivity contribution >= 4 is 44.8 Å². The van der Waals surface area contributed by atoms with Crippen LogP contribution in [0.1, 0.15) is 69.7 Å². The van der Waals surface area contributed by atoms with E-state index in [9.17, 15) is 13.2 Å². The number of alkyl halides is 3. The van der Waals surface area contributed by atoms with Crippen LogP contribution < -0.4 is 5.43 Å². The van der Waals surface area contributed by atoms with Gasteiger partial charge in [0.15, 0.2) is 11.5 Å². The first-order valence-corrected chi connectivity index (χ1v) is 16.4. The van der Waals surface area contributed by atoms with Gasteiger partial charge in [-0.1, -0.05) is 112 Å². The molecule has 1 aliphatic rings. The minimum absolute atomic E-state index is 0. The van der Waals surface area contributed by atoms with Gasteiger partial charge in [-0.05, 0) is 21.6 Å². The van der Waals surface area contributed by atoms with E-state index in [0.717, 1.165) is 60.1 Å². The van der Waals surface area contributed by atoms with Crippen LogP contribution in [-0.2, 0) is 38.1 Å². The summed E-state index contributed by atoms with van der Waals surface area (Å²) in [5, 5.41) is 4.15. The second-order valence-corrected chi connectivity index (χ2v) is 14.8. The predicted molar refractivity (Wildman–Crippen MR) is 193 cm³/mol. The average Bonchev–Trinajstić information content (AvgIpc) is 3.65. The summed E-state index contributed by atoms with van der Waals surface area (Å²) in [7, 11) is 0. The Labute approximate surface area is 308 Å². The number of halogens is 3. The number of hydrogen-bond donors (Lipinski definition) is 1. The molecule has 0 unspecified atom stereocenters. The number of benzene rings is 4. The molecule has 0 bridgehead atoms. The Kier molecular flexibility index (Phi) is 8.21. The topological polar surface area (TPSA) is 69.5 Å². The van der Waals surface area contributed by atoms with Gasteiger partial charge in [0.2, 0.25) is 5.76 Å². The molecule has 3 aromatic heterocycles. The number of anilines is 1. The molecule has 1 N–H and O–H groups in total. The summed E-state index contributed by atoms with van der Waals surface area (Å²) in [6.45, 7) is 13.2. The van der Waals surface area contributed by atoms with E-state index in [-0.39, 0.29) is 43.4 Å². The van der Waals surface area contributed by atoms with Gasteiger partial charge < -0.3 is 15.4 Å². The van der Waals surface area contributed by atoms with Gasteiger partial charge >= 0.3 is 6.18 Å². The van der Waals surface area contributed by atoms with Crippen molar-refractivity contribution in [2.45, 2.75) is 58.5 Å². The molecule has 0 atom stereocenters. The summed E-state index contributed by atoms with van der Waals surface area (Å²) in [4.78, 5) is 9.20. The van der Waals surface area contributed by atoms with E-state index >= 15 is 0 Å². The molecular formula is C41H33F3N5OPt-3. The van der Waals surface area contributed by atoms with Gasteiger partial charge in [-0.2, -0.15) is 18.9 Å². The molecule has 6 nitrogen and oxygen atoms in total. The van der Waals surface area contributed by atoms with Crippen LogP contribution in [0.3, 0.4) is 0 Å². The molecule has 262 valence electrons. The van der Waals surface area contributed by atoms with Crippen molar-refractivity contribution in [2.24, 2.45) is 0 Å². The minimum atomic E-state index is -4.62. The standard InChI is InChI=1S/C41H33F3N5O.Pt/c1-39(2,3)28-16-26(15-27(17-28)33-19-23-9-7-8-10-25(23)22-45-33)29-13-14-32(40(4,5)6)30-12-11-24(18-31(29)30)34-20-35-38(48-47-34)49-37(46-35)21-36(50-49)41(42,43)44;/h7-14,16-17,19-22,48H,1-6H3;/q-3;. The number of nitrogens with one attached hydrogen (secondary N) is 1. The number of aromatic nitrogens is 3. The number of imidazole rings is 1. The van der Waals surface area contributed by atoms with E-state index in [1.165, 1.54) is 5.56 Å². The Morgan fingerprint density at radius 1 is 0.804 bits per heavy atom. The third-order valence-electron chi connectivity index (χ3n) is 9.11. The maximum absolute atomic E-state index is 13.2. The summed E-state index contributed by atoms with van der Waals surface area (Å²) < 4.78 is 45.8. The summed E-state index contributed by atoms with van der Waals surface area (Å²) in [5.74, 6) is -0.907. The van der Waals surface area contributed by atoms with E-state index < -0.39 is 11.9 Å². The van der Waals surface area contributed by atoms with Crippen LogP contribution in [0.15, 0.2) is 83.5 Å². The van der Waals surface area contributed by atoms with Crippen LogP contribution in [0.2, 0.25) is 0 Å². The van der Waals surface area contributed by atoms with Crippen LogP contribution >= 0.6 is 0 Å². The quantitative estimate of drug-likeness (QED) is 0.180. The summed E-state index contributed by atoms with van der Waals surface area (Å²) in [6, 6.07) is 31.3. The fraction of sp³-hybridized carbons (Fsp3) is 0.220. The predicted octanol–water partition coefficient (Wildman–Crippen LogP) is 11.4. The number of nitrogens with zero attached hydrogens (tertiary/aromatic N) is 4.